The molecule has 0 aliphatic carbocycles. The molecule has 19 heavy (non-hydrogen) atoms. The summed E-state index contributed by atoms with van der Waals surface area (Å²) >= 11 is 5.92. The Morgan fingerprint density at radius 3 is 2.84 bits per heavy atom. The van der Waals surface area contributed by atoms with Gasteiger partial charge in [0.25, 0.3) is 5.91 Å². The highest BCUT2D eigenvalue weighted by Crippen LogP contribution is 2.20. The number of nitrogens with zero attached hydrogens (tertiary/aromatic N) is 2. The molecule has 0 saturated carbocycles. The van der Waals surface area contributed by atoms with E-state index < -0.39 is 0 Å². The van der Waals surface area contributed by atoms with Crippen molar-refractivity contribution in [1.29, 1.82) is 0 Å². The number of hydrogen-bond acceptors (Lipinski definition) is 3. The third-order valence-electron chi connectivity index (χ3n) is 2.77. The van der Waals surface area contributed by atoms with Crippen LogP contribution >= 0.6 is 11.6 Å². The van der Waals surface area contributed by atoms with Crippen molar-refractivity contribution in [2.24, 2.45) is 0 Å². The Morgan fingerprint density at radius 1 is 1.32 bits per heavy atom. The summed E-state index contributed by atoms with van der Waals surface area (Å²) in [7, 11) is 0. The Bertz CT molecular complexity index is 613. The summed E-state index contributed by atoms with van der Waals surface area (Å²) in [5, 5.41) is 3.39. The van der Waals surface area contributed by atoms with Crippen LogP contribution in [0.1, 0.15) is 28.7 Å². The molecule has 1 aromatic carbocycles. The zero-order valence-corrected chi connectivity index (χ0v) is 11.5. The van der Waals surface area contributed by atoms with Crippen LogP contribution in [0, 0.1) is 6.92 Å². The van der Waals surface area contributed by atoms with Gasteiger partial charge in [-0.15, -0.1) is 0 Å². The Balaban J connectivity index is 2.22. The van der Waals surface area contributed by atoms with Crippen molar-refractivity contribution in [2.45, 2.75) is 20.3 Å². The first-order valence-electron chi connectivity index (χ1n) is 5.98. The summed E-state index contributed by atoms with van der Waals surface area (Å²) in [5.41, 5.74) is 2.82. The van der Waals surface area contributed by atoms with E-state index in [0.717, 1.165) is 17.7 Å². The van der Waals surface area contributed by atoms with Gasteiger partial charge in [-0.2, -0.15) is 0 Å². The van der Waals surface area contributed by atoms with Crippen LogP contribution in [0.4, 0.5) is 5.69 Å². The molecule has 0 atom stereocenters. The molecule has 2 rings (SSSR count). The van der Waals surface area contributed by atoms with E-state index in [4.69, 9.17) is 11.6 Å². The third-order valence-corrected chi connectivity index (χ3v) is 3.00. The number of benzene rings is 1. The molecule has 5 heteroatoms. The van der Waals surface area contributed by atoms with Gasteiger partial charge in [-0.25, -0.2) is 9.97 Å². The molecule has 1 heterocycles. The minimum Gasteiger partial charge on any atom is -0.320 e. The average Bonchev–Trinajstić information content (AvgIpc) is 2.43. The zero-order chi connectivity index (χ0) is 13.8. The number of carbonyl (C=O) groups excluding carboxylic acids is 1. The Morgan fingerprint density at radius 2 is 2.11 bits per heavy atom. The number of hydrogen-bond donors (Lipinski definition) is 1. The van der Waals surface area contributed by atoms with Gasteiger partial charge in [0.05, 0.1) is 0 Å². The molecule has 2 aromatic rings. The quantitative estimate of drug-likeness (QED) is 0.935. The summed E-state index contributed by atoms with van der Waals surface area (Å²) in [6.07, 6.45) is 2.16. The molecule has 1 N–H and O–H groups in total. The average molecular weight is 276 g/mol. The molecule has 0 bridgehead atoms. The monoisotopic (exact) mass is 275 g/mol. The largest absolute Gasteiger partial charge is 0.320 e. The number of nitrogens with one attached hydrogen (secondary N) is 1. The maximum atomic E-state index is 12.1. The second-order valence-corrected chi connectivity index (χ2v) is 4.60. The summed E-state index contributed by atoms with van der Waals surface area (Å²) < 4.78 is 0. The van der Waals surface area contributed by atoms with Gasteiger partial charge < -0.3 is 5.32 Å². The first-order chi connectivity index (χ1) is 9.10. The lowest BCUT2D eigenvalue weighted by atomic mass is 10.2. The smallest absolute Gasteiger partial charge is 0.274 e. The van der Waals surface area contributed by atoms with E-state index in [9.17, 15) is 4.79 Å². The lowest BCUT2D eigenvalue weighted by molar-refractivity contribution is 0.102. The van der Waals surface area contributed by atoms with Gasteiger partial charge in [-0.3, -0.25) is 4.79 Å². The van der Waals surface area contributed by atoms with Crippen molar-refractivity contribution in [1.82, 2.24) is 9.97 Å². The molecular formula is C14H14ClN3O. The van der Waals surface area contributed by atoms with Gasteiger partial charge in [-0.05, 0) is 37.1 Å². The van der Waals surface area contributed by atoms with E-state index in [1.54, 1.807) is 18.2 Å². The molecule has 1 aromatic heterocycles. The fourth-order valence-corrected chi connectivity index (χ4v) is 1.80. The number of halogens is 1. The lowest BCUT2D eigenvalue weighted by Gasteiger charge is -2.08. The molecule has 0 unspecified atom stereocenters. The molecule has 98 valence electrons. The highest BCUT2D eigenvalue weighted by atomic mass is 35.5. The van der Waals surface area contributed by atoms with Crippen LogP contribution in [0.5, 0.6) is 0 Å². The van der Waals surface area contributed by atoms with E-state index >= 15 is 0 Å². The fourth-order valence-electron chi connectivity index (χ4n) is 1.63. The van der Waals surface area contributed by atoms with Crippen molar-refractivity contribution in [3.8, 4) is 0 Å². The first-order valence-corrected chi connectivity index (χ1v) is 6.36. The number of aromatic nitrogens is 2. The van der Waals surface area contributed by atoms with Crippen LogP contribution < -0.4 is 5.32 Å². The van der Waals surface area contributed by atoms with Crippen LogP contribution in [0.25, 0.3) is 0 Å². The predicted octanol–water partition coefficient (Wildman–Crippen LogP) is 3.25. The van der Waals surface area contributed by atoms with Crippen LogP contribution in [0.15, 0.2) is 30.6 Å². The molecule has 0 fully saturated rings. The van der Waals surface area contributed by atoms with Crippen LogP contribution in [0.3, 0.4) is 0 Å². The summed E-state index contributed by atoms with van der Waals surface area (Å²) in [5.74, 6) is -0.262. The minimum absolute atomic E-state index is 0.262. The number of anilines is 1. The van der Waals surface area contributed by atoms with Crippen molar-refractivity contribution >= 4 is 23.2 Å². The summed E-state index contributed by atoms with van der Waals surface area (Å²) in [4.78, 5) is 20.1. The molecular weight excluding hydrogens is 262 g/mol. The van der Waals surface area contributed by atoms with Gasteiger partial charge in [0.15, 0.2) is 0 Å². The molecule has 0 aliphatic rings. The van der Waals surface area contributed by atoms with E-state index in [2.05, 4.69) is 15.3 Å². The van der Waals surface area contributed by atoms with Crippen LogP contribution in [0.2, 0.25) is 5.02 Å². The summed E-state index contributed by atoms with van der Waals surface area (Å²) in [6, 6.07) is 7.05. The number of rotatable bonds is 3. The van der Waals surface area contributed by atoms with Crippen molar-refractivity contribution < 1.29 is 4.79 Å². The molecule has 4 nitrogen and oxygen atoms in total. The molecule has 1 amide bonds. The second-order valence-electron chi connectivity index (χ2n) is 4.16. The van der Waals surface area contributed by atoms with Crippen molar-refractivity contribution in [3.05, 3.63) is 52.6 Å². The standard InChI is InChI=1S/C14H14ClN3O/c1-3-11-7-13(17-8-16-11)14(19)18-12-6-10(15)5-4-9(12)2/h4-8H,3H2,1-2H3,(H,18,19). The minimum atomic E-state index is -0.262. The van der Waals surface area contributed by atoms with Gasteiger partial charge in [-0.1, -0.05) is 24.6 Å². The maximum Gasteiger partial charge on any atom is 0.274 e. The van der Waals surface area contributed by atoms with Crippen molar-refractivity contribution in [2.75, 3.05) is 5.32 Å². The molecule has 0 radical (unpaired) electrons. The Kier molecular flexibility index (Phi) is 4.12. The normalized spacial score (nSPS) is 10.3. The Hall–Kier alpha value is -1.94. The van der Waals surface area contributed by atoms with E-state index in [1.165, 1.54) is 6.33 Å². The van der Waals surface area contributed by atoms with Crippen molar-refractivity contribution in [3.63, 3.8) is 0 Å². The highest BCUT2D eigenvalue weighted by molar-refractivity contribution is 6.31. The fraction of sp³-hybridized carbons (Fsp3) is 0.214. The van der Waals surface area contributed by atoms with Crippen LogP contribution in [-0.2, 0) is 6.42 Å². The molecule has 0 aliphatic heterocycles. The first kappa shape index (κ1) is 13.5. The molecule has 0 spiro atoms. The van der Waals surface area contributed by atoms with E-state index in [1.807, 2.05) is 19.9 Å². The maximum absolute atomic E-state index is 12.1. The number of aryl methyl sites for hydroxylation is 2. The van der Waals surface area contributed by atoms with Gasteiger partial charge in [0.2, 0.25) is 0 Å². The lowest BCUT2D eigenvalue weighted by Crippen LogP contribution is -2.15. The summed E-state index contributed by atoms with van der Waals surface area (Å²) in [6.45, 7) is 3.88. The highest BCUT2D eigenvalue weighted by Gasteiger charge is 2.10. The van der Waals surface area contributed by atoms with Gasteiger partial charge in [0.1, 0.15) is 12.0 Å². The van der Waals surface area contributed by atoms with E-state index in [-0.39, 0.29) is 5.91 Å². The van der Waals surface area contributed by atoms with Gasteiger partial charge >= 0.3 is 0 Å². The predicted molar refractivity (Wildman–Crippen MR) is 75.6 cm³/mol. The van der Waals surface area contributed by atoms with Crippen LogP contribution in [-0.4, -0.2) is 15.9 Å². The Labute approximate surface area is 116 Å². The topological polar surface area (TPSA) is 54.9 Å². The number of amides is 1. The second kappa shape index (κ2) is 5.80. The van der Waals surface area contributed by atoms with E-state index in [0.29, 0.717) is 16.4 Å². The molecule has 0 saturated heterocycles. The SMILES string of the molecule is CCc1cc(C(=O)Nc2cc(Cl)ccc2C)ncn1. The zero-order valence-electron chi connectivity index (χ0n) is 10.8. The third kappa shape index (κ3) is 3.29. The van der Waals surface area contributed by atoms with Gasteiger partial charge in [0, 0.05) is 16.4 Å². The number of carbonyl (C=O) groups is 1.